The minimum atomic E-state index is -0.207. The molecular weight excluding hydrogens is 452 g/mol. The van der Waals surface area contributed by atoms with E-state index < -0.39 is 0 Å². The van der Waals surface area contributed by atoms with Gasteiger partial charge in [0.15, 0.2) is 0 Å². The van der Waals surface area contributed by atoms with Crippen LogP contribution in [0.3, 0.4) is 0 Å². The number of likely N-dealkylation sites (N-methyl/N-ethyl adjacent to an activating group) is 1. The fourth-order valence-electron chi connectivity index (χ4n) is 6.37. The first-order valence-corrected chi connectivity index (χ1v) is 13.0. The highest BCUT2D eigenvalue weighted by Gasteiger charge is 2.45. The van der Waals surface area contributed by atoms with E-state index >= 15 is 0 Å². The van der Waals surface area contributed by atoms with Crippen LogP contribution < -0.4 is 10.2 Å². The second-order valence-corrected chi connectivity index (χ2v) is 10.4. The summed E-state index contributed by atoms with van der Waals surface area (Å²) in [6, 6.07) is 16.4. The number of nitrogens with one attached hydrogen (secondary N) is 1. The number of aryl methyl sites for hydroxylation is 1. The molecule has 0 radical (unpaired) electrons. The highest BCUT2D eigenvalue weighted by molar-refractivity contribution is 5.95. The zero-order chi connectivity index (χ0) is 24.8. The maximum atomic E-state index is 13.2. The Morgan fingerprint density at radius 2 is 1.89 bits per heavy atom. The van der Waals surface area contributed by atoms with Gasteiger partial charge in [0.05, 0.1) is 17.6 Å². The molecule has 8 nitrogen and oxygen atoms in total. The fourth-order valence-corrected chi connectivity index (χ4v) is 6.37. The van der Waals surface area contributed by atoms with Crippen LogP contribution in [0.15, 0.2) is 48.5 Å². The number of benzene rings is 2. The number of hydrogen-bond acceptors (Lipinski definition) is 5. The molecule has 2 amide bonds. The number of nitrogens with zero attached hydrogens (tertiary/aromatic N) is 5. The summed E-state index contributed by atoms with van der Waals surface area (Å²) in [6.07, 6.45) is 3.08. The Morgan fingerprint density at radius 3 is 2.75 bits per heavy atom. The molecule has 8 heteroatoms. The van der Waals surface area contributed by atoms with Crippen molar-refractivity contribution < 1.29 is 9.59 Å². The fraction of sp³-hybridized carbons (Fsp3) is 0.464. The molecule has 3 aliphatic rings. The lowest BCUT2D eigenvalue weighted by Gasteiger charge is -2.33. The summed E-state index contributed by atoms with van der Waals surface area (Å²) in [5.74, 6) is 1.24. The smallest absolute Gasteiger partial charge is 0.239 e. The molecule has 1 N–H and O–H groups in total. The average molecular weight is 487 g/mol. The lowest BCUT2D eigenvalue weighted by molar-refractivity contribution is -0.126. The Morgan fingerprint density at radius 1 is 1.08 bits per heavy atom. The lowest BCUT2D eigenvalue weighted by Crippen LogP contribution is -2.49. The van der Waals surface area contributed by atoms with Crippen LogP contribution in [0.4, 0.5) is 5.69 Å². The summed E-state index contributed by atoms with van der Waals surface area (Å²) in [6.45, 7) is 2.83. The third-order valence-corrected chi connectivity index (χ3v) is 8.45. The zero-order valence-electron chi connectivity index (χ0n) is 21.1. The molecule has 2 fully saturated rings. The largest absolute Gasteiger partial charge is 0.353 e. The molecule has 2 saturated heterocycles. The van der Waals surface area contributed by atoms with Gasteiger partial charge in [-0.25, -0.2) is 4.98 Å². The van der Waals surface area contributed by atoms with Gasteiger partial charge in [0.1, 0.15) is 11.9 Å². The number of amides is 2. The Labute approximate surface area is 211 Å². The van der Waals surface area contributed by atoms with Crippen molar-refractivity contribution in [3.05, 3.63) is 59.9 Å². The molecule has 188 valence electrons. The number of aromatic nitrogens is 2. The minimum Gasteiger partial charge on any atom is -0.353 e. The van der Waals surface area contributed by atoms with E-state index in [0.29, 0.717) is 19.5 Å². The first kappa shape index (κ1) is 23.2. The van der Waals surface area contributed by atoms with Crippen molar-refractivity contribution in [3.8, 4) is 0 Å². The van der Waals surface area contributed by atoms with Crippen LogP contribution in [-0.2, 0) is 29.6 Å². The van der Waals surface area contributed by atoms with Crippen LogP contribution in [-0.4, -0.2) is 76.0 Å². The summed E-state index contributed by atoms with van der Waals surface area (Å²) >= 11 is 0. The van der Waals surface area contributed by atoms with Gasteiger partial charge in [-0.1, -0.05) is 30.3 Å². The van der Waals surface area contributed by atoms with E-state index in [1.165, 1.54) is 5.56 Å². The molecule has 2 aromatic carbocycles. The molecule has 0 bridgehead atoms. The molecule has 0 spiro atoms. The van der Waals surface area contributed by atoms with Crippen LogP contribution in [0, 0.1) is 0 Å². The summed E-state index contributed by atoms with van der Waals surface area (Å²) in [5.41, 5.74) is 4.40. The minimum absolute atomic E-state index is 0.0883. The van der Waals surface area contributed by atoms with Gasteiger partial charge >= 0.3 is 0 Å². The molecule has 3 aromatic rings. The summed E-state index contributed by atoms with van der Waals surface area (Å²) in [4.78, 5) is 37.7. The van der Waals surface area contributed by atoms with Gasteiger partial charge in [0.2, 0.25) is 11.8 Å². The van der Waals surface area contributed by atoms with E-state index in [1.807, 2.05) is 48.3 Å². The van der Waals surface area contributed by atoms with Gasteiger partial charge in [-0.2, -0.15) is 0 Å². The Hall–Kier alpha value is -3.23. The first-order valence-electron chi connectivity index (χ1n) is 13.0. The van der Waals surface area contributed by atoms with E-state index in [0.717, 1.165) is 54.9 Å². The van der Waals surface area contributed by atoms with Gasteiger partial charge < -0.3 is 14.8 Å². The van der Waals surface area contributed by atoms with E-state index in [4.69, 9.17) is 4.98 Å². The topological polar surface area (TPSA) is 73.7 Å². The van der Waals surface area contributed by atoms with Gasteiger partial charge in [-0.3, -0.25) is 19.4 Å². The molecule has 0 aliphatic carbocycles. The number of anilines is 1. The van der Waals surface area contributed by atoms with Crippen molar-refractivity contribution in [2.45, 2.75) is 50.4 Å². The standard InChI is InChI=1S/C28H34N6O2/c1-31-20(11-12-26(35)34-16-13-19-7-3-5-9-22(19)34)17-29-28(36)27-24(31)14-15-33(27)18-25-30-21-8-4-6-10-23(21)32(25)2/h3-10,20,24,27H,11-18H2,1-2H3,(H,29,36)/t20-,24-,27-/m0/s1. The molecule has 0 saturated carbocycles. The van der Waals surface area contributed by atoms with Crippen molar-refractivity contribution in [2.75, 3.05) is 31.6 Å². The van der Waals surface area contributed by atoms with Gasteiger partial charge in [0, 0.05) is 50.9 Å². The van der Waals surface area contributed by atoms with Crippen molar-refractivity contribution in [2.24, 2.45) is 7.05 Å². The zero-order valence-corrected chi connectivity index (χ0v) is 21.1. The van der Waals surface area contributed by atoms with Gasteiger partial charge in [0.25, 0.3) is 0 Å². The predicted octanol–water partition coefficient (Wildman–Crippen LogP) is 2.32. The van der Waals surface area contributed by atoms with Crippen LogP contribution in [0.1, 0.15) is 30.7 Å². The number of carbonyl (C=O) groups is 2. The van der Waals surface area contributed by atoms with Gasteiger partial charge in [-0.05, 0) is 50.1 Å². The quantitative estimate of drug-likeness (QED) is 0.599. The van der Waals surface area contributed by atoms with Crippen LogP contribution >= 0.6 is 0 Å². The SMILES string of the molecule is CN1[C@@H](CCC(=O)N2CCc3ccccc32)CNC(=O)[C@@H]2[C@@H]1CCN2Cc1nc2ccccc2n1C. The summed E-state index contributed by atoms with van der Waals surface area (Å²) in [5, 5.41) is 3.19. The van der Waals surface area contributed by atoms with E-state index in [2.05, 4.69) is 38.9 Å². The number of hydrogen-bond donors (Lipinski definition) is 1. The molecule has 3 aliphatic heterocycles. The second-order valence-electron chi connectivity index (χ2n) is 10.4. The first-order chi connectivity index (χ1) is 17.5. The van der Waals surface area contributed by atoms with E-state index in [-0.39, 0.29) is 29.9 Å². The number of imidazole rings is 1. The molecular formula is C28H34N6O2. The summed E-state index contributed by atoms with van der Waals surface area (Å²) < 4.78 is 2.13. The third-order valence-electron chi connectivity index (χ3n) is 8.45. The molecule has 1 aromatic heterocycles. The number of carbonyl (C=O) groups excluding carboxylic acids is 2. The second kappa shape index (κ2) is 9.33. The molecule has 36 heavy (non-hydrogen) atoms. The van der Waals surface area contributed by atoms with E-state index in [9.17, 15) is 9.59 Å². The lowest BCUT2D eigenvalue weighted by atomic mass is 10.0. The van der Waals surface area contributed by atoms with E-state index in [1.54, 1.807) is 0 Å². The molecule has 0 unspecified atom stereocenters. The van der Waals surface area contributed by atoms with Crippen molar-refractivity contribution >= 4 is 28.5 Å². The van der Waals surface area contributed by atoms with Crippen LogP contribution in [0.25, 0.3) is 11.0 Å². The van der Waals surface area contributed by atoms with Crippen LogP contribution in [0.2, 0.25) is 0 Å². The molecule has 3 atom stereocenters. The number of likely N-dealkylation sites (tertiary alicyclic amines) is 1. The molecule has 6 rings (SSSR count). The Balaban J connectivity index is 1.13. The maximum absolute atomic E-state index is 13.2. The average Bonchev–Trinajstić information content (AvgIpc) is 3.57. The van der Waals surface area contributed by atoms with Crippen LogP contribution in [0.5, 0.6) is 0 Å². The monoisotopic (exact) mass is 486 g/mol. The molecule has 4 heterocycles. The third kappa shape index (κ3) is 3.98. The van der Waals surface area contributed by atoms with Crippen molar-refractivity contribution in [3.63, 3.8) is 0 Å². The Kier molecular flexibility index (Phi) is 6.01. The number of fused-ring (bicyclic) bond motifs is 3. The normalized spacial score (nSPS) is 24.6. The summed E-state index contributed by atoms with van der Waals surface area (Å²) in [7, 11) is 4.17. The number of rotatable bonds is 5. The van der Waals surface area contributed by atoms with Gasteiger partial charge in [-0.15, -0.1) is 0 Å². The maximum Gasteiger partial charge on any atom is 0.239 e. The Bertz CT molecular complexity index is 1300. The number of para-hydroxylation sites is 3. The highest BCUT2D eigenvalue weighted by atomic mass is 16.2. The van der Waals surface area contributed by atoms with Crippen molar-refractivity contribution in [1.82, 2.24) is 24.7 Å². The van der Waals surface area contributed by atoms with Crippen molar-refractivity contribution in [1.29, 1.82) is 0 Å². The predicted molar refractivity (Wildman–Crippen MR) is 140 cm³/mol. The highest BCUT2D eigenvalue weighted by Crippen LogP contribution is 2.31.